The number of hydrogen-bond acceptors (Lipinski definition) is 2. The number of allylic oxidation sites excluding steroid dienone is 1. The Morgan fingerprint density at radius 2 is 1.85 bits per heavy atom. The Hall–Kier alpha value is -2.22. The summed E-state index contributed by atoms with van der Waals surface area (Å²) in [5, 5.41) is 0. The Labute approximate surface area is 164 Å². The molecule has 0 radical (unpaired) electrons. The first-order valence-corrected chi connectivity index (χ1v) is 9.79. The lowest BCUT2D eigenvalue weighted by Gasteiger charge is -2.29. The van der Waals surface area contributed by atoms with Crippen LogP contribution in [-0.4, -0.2) is 5.60 Å². The van der Waals surface area contributed by atoms with Crippen LogP contribution in [-0.2, 0) is 24.9 Å². The summed E-state index contributed by atoms with van der Waals surface area (Å²) in [4.78, 5) is 0. The molecule has 0 N–H and O–H groups in total. The molecule has 144 valence electrons. The van der Waals surface area contributed by atoms with Gasteiger partial charge in [-0.3, -0.25) is 0 Å². The predicted molar refractivity (Wildman–Crippen MR) is 113 cm³/mol. The zero-order chi connectivity index (χ0) is 19.8. The molecule has 0 spiro atoms. The van der Waals surface area contributed by atoms with Crippen LogP contribution in [0.4, 0.5) is 0 Å². The van der Waals surface area contributed by atoms with Gasteiger partial charge in [0.2, 0.25) is 0 Å². The molecule has 2 aromatic carbocycles. The Morgan fingerprint density at radius 1 is 1.19 bits per heavy atom. The van der Waals surface area contributed by atoms with Crippen molar-refractivity contribution in [1.82, 2.24) is 0 Å². The van der Waals surface area contributed by atoms with Crippen molar-refractivity contribution in [2.75, 3.05) is 0 Å². The van der Waals surface area contributed by atoms with Crippen LogP contribution in [0, 0.1) is 6.92 Å². The van der Waals surface area contributed by atoms with Gasteiger partial charge in [-0.25, -0.2) is 0 Å². The molecule has 1 heterocycles. The third-order valence-corrected chi connectivity index (χ3v) is 5.18. The third kappa shape index (κ3) is 3.90. The van der Waals surface area contributed by atoms with Crippen molar-refractivity contribution in [1.29, 1.82) is 0 Å². The van der Waals surface area contributed by atoms with E-state index in [4.69, 9.17) is 9.47 Å². The van der Waals surface area contributed by atoms with E-state index in [1.54, 1.807) is 0 Å². The lowest BCUT2D eigenvalue weighted by Crippen LogP contribution is -2.25. The fourth-order valence-electron chi connectivity index (χ4n) is 4.04. The van der Waals surface area contributed by atoms with Crippen LogP contribution >= 0.6 is 0 Å². The maximum Gasteiger partial charge on any atom is 0.127 e. The van der Waals surface area contributed by atoms with Crippen LogP contribution in [0.5, 0.6) is 11.5 Å². The van der Waals surface area contributed by atoms with Crippen LogP contribution in [0.1, 0.15) is 62.4 Å². The van der Waals surface area contributed by atoms with Gasteiger partial charge in [0.25, 0.3) is 0 Å². The molecule has 0 unspecified atom stereocenters. The highest BCUT2D eigenvalue weighted by atomic mass is 16.5. The molecule has 2 heteroatoms. The normalized spacial score (nSPS) is 15.2. The molecule has 0 saturated carbocycles. The van der Waals surface area contributed by atoms with Gasteiger partial charge in [-0.1, -0.05) is 57.2 Å². The van der Waals surface area contributed by atoms with Crippen LogP contribution in [0.25, 0.3) is 0 Å². The molecule has 27 heavy (non-hydrogen) atoms. The van der Waals surface area contributed by atoms with E-state index in [-0.39, 0.29) is 11.0 Å². The standard InChI is InChI=1S/C25H32O2/c1-8-12-19-21(24(3,4)5)22(26-16-18-13-10-9-11-14-18)17(2)20-15-25(6,7)27-23(19)20/h8-11,13-14H,1,12,15-16H2,2-7H3. The highest BCUT2D eigenvalue weighted by molar-refractivity contribution is 5.63. The molecule has 1 aliphatic rings. The summed E-state index contributed by atoms with van der Waals surface area (Å²) in [5.74, 6) is 2.07. The molecule has 0 aliphatic carbocycles. The Balaban J connectivity index is 2.16. The number of benzene rings is 2. The predicted octanol–water partition coefficient (Wildman–Crippen LogP) is 6.31. The maximum absolute atomic E-state index is 6.47. The van der Waals surface area contributed by atoms with E-state index in [2.05, 4.69) is 72.4 Å². The molecule has 1 aliphatic heterocycles. The highest BCUT2D eigenvalue weighted by Crippen LogP contribution is 2.49. The molecular weight excluding hydrogens is 332 g/mol. The molecule has 2 aromatic rings. The van der Waals surface area contributed by atoms with Gasteiger partial charge in [0, 0.05) is 23.1 Å². The van der Waals surface area contributed by atoms with E-state index in [0.717, 1.165) is 24.3 Å². The molecule has 0 bridgehead atoms. The van der Waals surface area contributed by atoms with Gasteiger partial charge in [-0.2, -0.15) is 0 Å². The van der Waals surface area contributed by atoms with Crippen LogP contribution < -0.4 is 9.47 Å². The number of ether oxygens (including phenoxy) is 2. The van der Waals surface area contributed by atoms with Gasteiger partial charge < -0.3 is 9.47 Å². The van der Waals surface area contributed by atoms with Crippen molar-refractivity contribution in [3.63, 3.8) is 0 Å². The summed E-state index contributed by atoms with van der Waals surface area (Å²) >= 11 is 0. The minimum Gasteiger partial charge on any atom is -0.488 e. The fourth-order valence-corrected chi connectivity index (χ4v) is 4.04. The van der Waals surface area contributed by atoms with Crippen LogP contribution in [0.2, 0.25) is 0 Å². The Bertz CT molecular complexity index is 839. The van der Waals surface area contributed by atoms with Gasteiger partial charge in [0.15, 0.2) is 0 Å². The van der Waals surface area contributed by atoms with E-state index < -0.39 is 0 Å². The summed E-state index contributed by atoms with van der Waals surface area (Å²) < 4.78 is 12.9. The maximum atomic E-state index is 6.47. The van der Waals surface area contributed by atoms with Gasteiger partial charge >= 0.3 is 0 Å². The van der Waals surface area contributed by atoms with E-state index in [9.17, 15) is 0 Å². The van der Waals surface area contributed by atoms with Gasteiger partial charge in [0.1, 0.15) is 23.7 Å². The van der Waals surface area contributed by atoms with Crippen molar-refractivity contribution in [3.05, 3.63) is 70.8 Å². The molecule has 0 fully saturated rings. The van der Waals surface area contributed by atoms with Crippen molar-refractivity contribution >= 4 is 0 Å². The van der Waals surface area contributed by atoms with Gasteiger partial charge in [-0.15, -0.1) is 6.58 Å². The van der Waals surface area contributed by atoms with Crippen molar-refractivity contribution in [2.45, 2.75) is 72.0 Å². The fraction of sp³-hybridized carbons (Fsp3) is 0.440. The Morgan fingerprint density at radius 3 is 2.44 bits per heavy atom. The molecular formula is C25H32O2. The SMILES string of the molecule is C=CCc1c2c(c(C)c(OCc3ccccc3)c1C(C)(C)C)CC(C)(C)O2. The molecule has 0 amide bonds. The third-order valence-electron chi connectivity index (χ3n) is 5.18. The summed E-state index contributed by atoms with van der Waals surface area (Å²) in [5.41, 5.74) is 5.91. The summed E-state index contributed by atoms with van der Waals surface area (Å²) in [6.45, 7) is 17.8. The summed E-state index contributed by atoms with van der Waals surface area (Å²) in [6.07, 6.45) is 3.66. The number of rotatable bonds is 5. The first-order valence-electron chi connectivity index (χ1n) is 9.79. The molecule has 0 saturated heterocycles. The highest BCUT2D eigenvalue weighted by Gasteiger charge is 2.38. The van der Waals surface area contributed by atoms with Crippen molar-refractivity contribution < 1.29 is 9.47 Å². The zero-order valence-electron chi connectivity index (χ0n) is 17.6. The molecule has 0 aromatic heterocycles. The van der Waals surface area contributed by atoms with E-state index in [0.29, 0.717) is 6.61 Å². The topological polar surface area (TPSA) is 18.5 Å². The minimum absolute atomic E-state index is 0.0553. The minimum atomic E-state index is -0.184. The molecule has 2 nitrogen and oxygen atoms in total. The zero-order valence-corrected chi connectivity index (χ0v) is 17.6. The lowest BCUT2D eigenvalue weighted by molar-refractivity contribution is 0.137. The summed E-state index contributed by atoms with van der Waals surface area (Å²) in [6, 6.07) is 10.4. The number of fused-ring (bicyclic) bond motifs is 1. The summed E-state index contributed by atoms with van der Waals surface area (Å²) in [7, 11) is 0. The second-order valence-corrected chi connectivity index (χ2v) is 9.17. The van der Waals surface area contributed by atoms with E-state index >= 15 is 0 Å². The van der Waals surface area contributed by atoms with Crippen molar-refractivity contribution in [2.24, 2.45) is 0 Å². The molecule has 0 atom stereocenters. The Kier molecular flexibility index (Phi) is 5.12. The van der Waals surface area contributed by atoms with E-state index in [1.807, 2.05) is 12.1 Å². The van der Waals surface area contributed by atoms with Crippen molar-refractivity contribution in [3.8, 4) is 11.5 Å². The first-order chi connectivity index (χ1) is 12.6. The second kappa shape index (κ2) is 7.07. The molecule has 3 rings (SSSR count). The smallest absolute Gasteiger partial charge is 0.127 e. The first kappa shape index (κ1) is 19.5. The van der Waals surface area contributed by atoms with Gasteiger partial charge in [0.05, 0.1) is 0 Å². The average Bonchev–Trinajstić information content (AvgIpc) is 2.92. The average molecular weight is 365 g/mol. The van der Waals surface area contributed by atoms with Crippen LogP contribution in [0.3, 0.4) is 0 Å². The van der Waals surface area contributed by atoms with E-state index in [1.165, 1.54) is 27.8 Å². The number of hydrogen-bond donors (Lipinski definition) is 0. The monoisotopic (exact) mass is 364 g/mol. The van der Waals surface area contributed by atoms with Crippen LogP contribution in [0.15, 0.2) is 43.0 Å². The quantitative estimate of drug-likeness (QED) is 0.579. The lowest BCUT2D eigenvalue weighted by atomic mass is 9.79. The second-order valence-electron chi connectivity index (χ2n) is 9.17. The largest absolute Gasteiger partial charge is 0.488 e. The van der Waals surface area contributed by atoms with Gasteiger partial charge in [-0.05, 0) is 43.7 Å².